The van der Waals surface area contributed by atoms with E-state index in [9.17, 15) is 14.7 Å². The van der Waals surface area contributed by atoms with Gasteiger partial charge in [-0.1, -0.05) is 0 Å². The normalized spacial score (nSPS) is 12.0. The number of ketones is 1. The summed E-state index contributed by atoms with van der Waals surface area (Å²) in [4.78, 5) is 24.6. The Labute approximate surface area is 164 Å². The lowest BCUT2D eigenvalue weighted by Gasteiger charge is -2.23. The highest BCUT2D eigenvalue weighted by Crippen LogP contribution is 2.29. The van der Waals surface area contributed by atoms with Gasteiger partial charge in [-0.3, -0.25) is 9.59 Å². The van der Waals surface area contributed by atoms with Crippen LogP contribution in [0.3, 0.4) is 0 Å². The Kier molecular flexibility index (Phi) is 6.50. The molecule has 2 aromatic rings. The maximum atomic E-state index is 12.4. The van der Waals surface area contributed by atoms with Gasteiger partial charge in [0, 0.05) is 10.5 Å². The molecule has 0 fully saturated rings. The average Bonchev–Trinajstić information content (AvgIpc) is 2.64. The first-order valence-corrected chi connectivity index (χ1v) is 9.75. The van der Waals surface area contributed by atoms with E-state index in [-0.39, 0.29) is 5.76 Å². The van der Waals surface area contributed by atoms with E-state index in [0.29, 0.717) is 16.9 Å². The Bertz CT molecular complexity index is 857. The first-order chi connectivity index (χ1) is 12.7. The Morgan fingerprint density at radius 1 is 1.11 bits per heavy atom. The summed E-state index contributed by atoms with van der Waals surface area (Å²) in [6.07, 6.45) is 4.16. The molecule has 0 aromatic heterocycles. The summed E-state index contributed by atoms with van der Waals surface area (Å²) in [6.45, 7) is 7.11. The maximum absolute atomic E-state index is 12.4. The summed E-state index contributed by atoms with van der Waals surface area (Å²) in [7, 11) is 0. The summed E-state index contributed by atoms with van der Waals surface area (Å²) in [5, 5.41) is 10.3. The largest absolute Gasteiger partial charge is 0.504 e. The molecule has 0 atom stereocenters. The first kappa shape index (κ1) is 20.8. The smallest absolute Gasteiger partial charge is 0.227 e. The van der Waals surface area contributed by atoms with Gasteiger partial charge >= 0.3 is 0 Å². The van der Waals surface area contributed by atoms with Crippen molar-refractivity contribution in [3.63, 3.8) is 0 Å². The number of hydrogen-bond acceptors (Lipinski definition) is 5. The van der Waals surface area contributed by atoms with Gasteiger partial charge < -0.3 is 9.84 Å². The Morgan fingerprint density at radius 2 is 1.67 bits per heavy atom. The molecule has 5 heteroatoms. The Morgan fingerprint density at radius 3 is 2.15 bits per heavy atom. The van der Waals surface area contributed by atoms with Crippen LogP contribution in [0.2, 0.25) is 0 Å². The highest BCUT2D eigenvalue weighted by Gasteiger charge is 2.21. The number of hydrogen-bond donors (Lipinski definition) is 1. The average molecular weight is 384 g/mol. The van der Waals surface area contributed by atoms with E-state index in [1.54, 1.807) is 37.7 Å². The monoisotopic (exact) mass is 384 g/mol. The number of allylic oxidation sites excluding steroid dienone is 1. The van der Waals surface area contributed by atoms with Gasteiger partial charge in [0.1, 0.15) is 5.75 Å². The fraction of sp³-hybridized carbons (Fsp3) is 0.273. The molecule has 2 aromatic carbocycles. The second-order valence-corrected chi connectivity index (χ2v) is 7.77. The molecule has 0 aliphatic rings. The van der Waals surface area contributed by atoms with E-state index in [0.717, 1.165) is 22.3 Å². The standard InChI is InChI=1S/C22H24O4S/c1-14-10-16(11-15(2)21(14)26-22(3,4)13-23)12-19(24)20(25)17-6-8-18(27-5)9-7-17/h6-13,24H,1-5H3/b19-12-. The van der Waals surface area contributed by atoms with Crippen LogP contribution in [0.25, 0.3) is 6.08 Å². The molecule has 0 saturated heterocycles. The number of aliphatic hydroxyl groups is 1. The SMILES string of the molecule is CSc1ccc(C(=O)/C(O)=C/c2cc(C)c(OC(C)(C)C=O)c(C)c2)cc1. The third kappa shape index (κ3) is 5.23. The lowest BCUT2D eigenvalue weighted by molar-refractivity contribution is -0.119. The number of rotatable bonds is 7. The van der Waals surface area contributed by atoms with Crippen molar-refractivity contribution in [2.45, 2.75) is 38.2 Å². The van der Waals surface area contributed by atoms with Gasteiger partial charge in [0.2, 0.25) is 5.78 Å². The highest BCUT2D eigenvalue weighted by atomic mass is 32.2. The molecule has 0 unspecified atom stereocenters. The van der Waals surface area contributed by atoms with Crippen molar-refractivity contribution in [1.29, 1.82) is 0 Å². The summed E-state index contributed by atoms with van der Waals surface area (Å²) in [6, 6.07) is 10.7. The van der Waals surface area contributed by atoms with Crippen molar-refractivity contribution >= 4 is 29.9 Å². The van der Waals surface area contributed by atoms with Crippen LogP contribution in [0.1, 0.15) is 40.9 Å². The topological polar surface area (TPSA) is 63.6 Å². The number of carbonyl (C=O) groups is 2. The minimum absolute atomic E-state index is 0.326. The van der Waals surface area contributed by atoms with Crippen LogP contribution < -0.4 is 4.74 Å². The van der Waals surface area contributed by atoms with Crippen molar-refractivity contribution < 1.29 is 19.4 Å². The first-order valence-electron chi connectivity index (χ1n) is 8.53. The minimum Gasteiger partial charge on any atom is -0.504 e. The van der Waals surface area contributed by atoms with Crippen LogP contribution in [-0.4, -0.2) is 29.0 Å². The third-order valence-electron chi connectivity index (χ3n) is 4.02. The van der Waals surface area contributed by atoms with Gasteiger partial charge in [0.05, 0.1) is 0 Å². The number of carbonyl (C=O) groups excluding carboxylic acids is 2. The Balaban J connectivity index is 2.29. The van der Waals surface area contributed by atoms with Crippen molar-refractivity contribution in [2.75, 3.05) is 6.26 Å². The lowest BCUT2D eigenvalue weighted by atomic mass is 10.0. The van der Waals surface area contributed by atoms with E-state index in [4.69, 9.17) is 4.74 Å². The van der Waals surface area contributed by atoms with E-state index >= 15 is 0 Å². The molecule has 0 amide bonds. The number of aldehydes is 1. The summed E-state index contributed by atoms with van der Waals surface area (Å²) in [5.41, 5.74) is 1.84. The van der Waals surface area contributed by atoms with E-state index < -0.39 is 11.4 Å². The van der Waals surface area contributed by atoms with Gasteiger partial charge in [-0.15, -0.1) is 11.8 Å². The molecule has 0 saturated carbocycles. The predicted octanol–water partition coefficient (Wildman–Crippen LogP) is 5.16. The van der Waals surface area contributed by atoms with Crippen molar-refractivity contribution in [3.8, 4) is 5.75 Å². The van der Waals surface area contributed by atoms with Crippen molar-refractivity contribution in [3.05, 3.63) is 64.4 Å². The number of Topliss-reactive ketones (excluding diaryl/α,β-unsaturated/α-hetero) is 1. The van der Waals surface area contributed by atoms with Crippen LogP contribution in [0.4, 0.5) is 0 Å². The number of aliphatic hydroxyl groups excluding tert-OH is 1. The number of ether oxygens (including phenoxy) is 1. The van der Waals surface area contributed by atoms with Crippen LogP contribution in [-0.2, 0) is 4.79 Å². The zero-order valence-electron chi connectivity index (χ0n) is 16.2. The molecule has 0 radical (unpaired) electrons. The van der Waals surface area contributed by atoms with E-state index in [1.165, 1.54) is 6.08 Å². The second-order valence-electron chi connectivity index (χ2n) is 6.89. The van der Waals surface area contributed by atoms with Gasteiger partial charge in [-0.2, -0.15) is 0 Å². The van der Waals surface area contributed by atoms with Crippen LogP contribution in [0, 0.1) is 13.8 Å². The van der Waals surface area contributed by atoms with E-state index in [1.807, 2.05) is 44.4 Å². The fourth-order valence-electron chi connectivity index (χ4n) is 2.63. The molecular weight excluding hydrogens is 360 g/mol. The fourth-order valence-corrected chi connectivity index (χ4v) is 3.04. The predicted molar refractivity (Wildman–Crippen MR) is 110 cm³/mol. The van der Waals surface area contributed by atoms with Crippen molar-refractivity contribution in [2.24, 2.45) is 0 Å². The highest BCUT2D eigenvalue weighted by molar-refractivity contribution is 7.98. The maximum Gasteiger partial charge on any atom is 0.227 e. The molecule has 0 bridgehead atoms. The quantitative estimate of drug-likeness (QED) is 0.235. The van der Waals surface area contributed by atoms with Crippen LogP contribution >= 0.6 is 11.8 Å². The molecule has 2 rings (SSSR count). The zero-order valence-corrected chi connectivity index (χ0v) is 17.0. The van der Waals surface area contributed by atoms with Crippen molar-refractivity contribution in [1.82, 2.24) is 0 Å². The lowest BCUT2D eigenvalue weighted by Crippen LogP contribution is -2.30. The van der Waals surface area contributed by atoms with Gasteiger partial charge in [0.15, 0.2) is 17.6 Å². The second kappa shape index (κ2) is 8.44. The molecule has 0 aliphatic heterocycles. The van der Waals surface area contributed by atoms with Gasteiger partial charge in [-0.05, 0) is 93.1 Å². The summed E-state index contributed by atoms with van der Waals surface area (Å²) < 4.78 is 5.79. The van der Waals surface area contributed by atoms with E-state index in [2.05, 4.69) is 0 Å². The number of thioether (sulfide) groups is 1. The van der Waals surface area contributed by atoms with Crippen LogP contribution in [0.15, 0.2) is 47.1 Å². The zero-order chi connectivity index (χ0) is 20.2. The van der Waals surface area contributed by atoms with Crippen LogP contribution in [0.5, 0.6) is 5.75 Å². The molecule has 27 heavy (non-hydrogen) atoms. The summed E-state index contributed by atoms with van der Waals surface area (Å²) >= 11 is 1.59. The molecule has 4 nitrogen and oxygen atoms in total. The Hall–Kier alpha value is -2.53. The molecular formula is C22H24O4S. The van der Waals surface area contributed by atoms with Gasteiger partial charge in [0.25, 0.3) is 0 Å². The molecule has 142 valence electrons. The molecule has 0 spiro atoms. The molecule has 0 aliphatic carbocycles. The number of benzene rings is 2. The summed E-state index contributed by atoms with van der Waals surface area (Å²) in [5.74, 6) is -0.129. The molecule has 0 heterocycles. The molecule has 1 N–H and O–H groups in total. The third-order valence-corrected chi connectivity index (χ3v) is 4.76. The van der Waals surface area contributed by atoms with Gasteiger partial charge in [-0.25, -0.2) is 0 Å². The minimum atomic E-state index is -0.923. The number of aryl methyl sites for hydroxylation is 2.